The van der Waals surface area contributed by atoms with Crippen LogP contribution in [0.2, 0.25) is 0 Å². The van der Waals surface area contributed by atoms with Crippen molar-refractivity contribution in [3.63, 3.8) is 0 Å². The van der Waals surface area contributed by atoms with E-state index in [9.17, 15) is 13.2 Å². The average Bonchev–Trinajstić information content (AvgIpc) is 2.66. The second kappa shape index (κ2) is 5.63. The highest BCUT2D eigenvalue weighted by Gasteiger charge is 2.29. The Morgan fingerprint density at radius 1 is 1.50 bits per heavy atom. The van der Waals surface area contributed by atoms with Gasteiger partial charge in [-0.3, -0.25) is 9.69 Å². The summed E-state index contributed by atoms with van der Waals surface area (Å²) in [6, 6.07) is -0.413. The lowest BCUT2D eigenvalue weighted by molar-refractivity contribution is -0.142. The fourth-order valence-electron chi connectivity index (χ4n) is 2.01. The lowest BCUT2D eigenvalue weighted by Gasteiger charge is -2.20. The lowest BCUT2D eigenvalue weighted by Crippen LogP contribution is -2.37. The van der Waals surface area contributed by atoms with Crippen LogP contribution in [0.15, 0.2) is 0 Å². The zero-order chi connectivity index (χ0) is 12.2. The molecular weight excluding hydrogens is 230 g/mol. The van der Waals surface area contributed by atoms with Crippen LogP contribution in [0.5, 0.6) is 0 Å². The fraction of sp³-hybridized carbons (Fsp3) is 0.900. The summed E-state index contributed by atoms with van der Waals surface area (Å²) in [4.78, 5) is 12.7. The van der Waals surface area contributed by atoms with Gasteiger partial charge < -0.3 is 5.11 Å². The molecule has 0 radical (unpaired) electrons. The first kappa shape index (κ1) is 13.4. The molecule has 1 atom stereocenters. The highest BCUT2D eigenvalue weighted by molar-refractivity contribution is 7.91. The minimum Gasteiger partial charge on any atom is -0.480 e. The van der Waals surface area contributed by atoms with E-state index in [1.807, 2.05) is 4.90 Å². The third-order valence-corrected chi connectivity index (χ3v) is 4.78. The van der Waals surface area contributed by atoms with Gasteiger partial charge in [0.15, 0.2) is 0 Å². The van der Waals surface area contributed by atoms with E-state index in [0.717, 1.165) is 13.0 Å². The molecule has 0 aliphatic carbocycles. The first-order valence-corrected chi connectivity index (χ1v) is 7.45. The zero-order valence-corrected chi connectivity index (χ0v) is 10.4. The number of sulfone groups is 1. The van der Waals surface area contributed by atoms with Gasteiger partial charge >= 0.3 is 5.97 Å². The highest BCUT2D eigenvalue weighted by atomic mass is 32.2. The summed E-state index contributed by atoms with van der Waals surface area (Å²) in [7, 11) is -2.92. The number of carbonyl (C=O) groups is 1. The predicted molar refractivity (Wildman–Crippen MR) is 61.2 cm³/mol. The van der Waals surface area contributed by atoms with Gasteiger partial charge in [-0.1, -0.05) is 6.92 Å². The maximum Gasteiger partial charge on any atom is 0.320 e. The number of rotatable bonds is 6. The molecule has 0 spiro atoms. The summed E-state index contributed by atoms with van der Waals surface area (Å²) in [5, 5.41) is 8.93. The number of carboxylic acids is 1. The van der Waals surface area contributed by atoms with Crippen molar-refractivity contribution in [2.45, 2.75) is 32.2 Å². The van der Waals surface area contributed by atoms with E-state index in [1.54, 1.807) is 6.92 Å². The Kier molecular flexibility index (Phi) is 4.73. The summed E-state index contributed by atoms with van der Waals surface area (Å²) in [5.74, 6) is -0.474. The summed E-state index contributed by atoms with van der Waals surface area (Å²) >= 11 is 0. The van der Waals surface area contributed by atoms with Crippen molar-refractivity contribution in [1.82, 2.24) is 4.90 Å². The molecule has 16 heavy (non-hydrogen) atoms. The first-order chi connectivity index (χ1) is 7.46. The van der Waals surface area contributed by atoms with Gasteiger partial charge in [0.1, 0.15) is 15.9 Å². The van der Waals surface area contributed by atoms with Gasteiger partial charge in [0.05, 0.1) is 5.75 Å². The number of hydrogen-bond acceptors (Lipinski definition) is 4. The topological polar surface area (TPSA) is 74.7 Å². The zero-order valence-electron chi connectivity index (χ0n) is 9.55. The van der Waals surface area contributed by atoms with Gasteiger partial charge in [-0.25, -0.2) is 8.42 Å². The molecule has 0 aromatic heterocycles. The van der Waals surface area contributed by atoms with Crippen LogP contribution in [0.1, 0.15) is 26.2 Å². The molecule has 1 heterocycles. The van der Waals surface area contributed by atoms with Gasteiger partial charge in [0.2, 0.25) is 0 Å². The van der Waals surface area contributed by atoms with Gasteiger partial charge in [-0.05, 0) is 32.4 Å². The minimum atomic E-state index is -2.92. The maximum atomic E-state index is 11.3. The normalized spacial score (nSPS) is 22.4. The quantitative estimate of drug-likeness (QED) is 0.735. The number of likely N-dealkylation sites (tertiary alicyclic amines) is 1. The Balaban J connectivity index is 2.35. The molecule has 1 aliphatic heterocycles. The largest absolute Gasteiger partial charge is 0.480 e. The highest BCUT2D eigenvalue weighted by Crippen LogP contribution is 2.17. The summed E-state index contributed by atoms with van der Waals surface area (Å²) < 4.78 is 22.5. The van der Waals surface area contributed by atoms with Crippen molar-refractivity contribution in [1.29, 1.82) is 0 Å². The van der Waals surface area contributed by atoms with Crippen molar-refractivity contribution in [2.24, 2.45) is 0 Å². The third kappa shape index (κ3) is 3.75. The van der Waals surface area contributed by atoms with E-state index >= 15 is 0 Å². The van der Waals surface area contributed by atoms with Crippen molar-refractivity contribution in [2.75, 3.05) is 24.6 Å². The Hall–Kier alpha value is -0.620. The van der Waals surface area contributed by atoms with Crippen LogP contribution in [-0.2, 0) is 14.6 Å². The van der Waals surface area contributed by atoms with Crippen LogP contribution in [0.25, 0.3) is 0 Å². The average molecular weight is 249 g/mol. The second-order valence-corrected chi connectivity index (χ2v) is 6.59. The molecule has 1 saturated heterocycles. The van der Waals surface area contributed by atoms with Crippen LogP contribution >= 0.6 is 0 Å². The van der Waals surface area contributed by atoms with Crippen LogP contribution in [0.4, 0.5) is 0 Å². The summed E-state index contributed by atoms with van der Waals surface area (Å²) in [6.45, 7) is 2.96. The Bertz CT molecular complexity index is 339. The molecule has 5 nitrogen and oxygen atoms in total. The molecule has 0 aromatic rings. The molecule has 1 unspecified atom stereocenters. The van der Waals surface area contributed by atoms with E-state index in [-0.39, 0.29) is 11.5 Å². The smallest absolute Gasteiger partial charge is 0.320 e. The van der Waals surface area contributed by atoms with Crippen LogP contribution < -0.4 is 0 Å². The molecule has 0 saturated carbocycles. The van der Waals surface area contributed by atoms with Crippen molar-refractivity contribution < 1.29 is 18.3 Å². The van der Waals surface area contributed by atoms with Crippen molar-refractivity contribution >= 4 is 15.8 Å². The maximum absolute atomic E-state index is 11.3. The fourth-order valence-corrected chi connectivity index (χ4v) is 2.86. The van der Waals surface area contributed by atoms with E-state index in [0.29, 0.717) is 19.4 Å². The standard InChI is InChI=1S/C10H19NO4S/c1-2-16(14,15)8-4-7-11-6-3-5-9(11)10(12)13/h9H,2-8H2,1H3,(H,12,13). The number of carboxylic acid groups (broad SMARTS) is 1. The Morgan fingerprint density at radius 3 is 2.75 bits per heavy atom. The third-order valence-electron chi connectivity index (χ3n) is 2.99. The molecule has 1 N–H and O–H groups in total. The first-order valence-electron chi connectivity index (χ1n) is 5.63. The van der Waals surface area contributed by atoms with Crippen LogP contribution in [0.3, 0.4) is 0 Å². The Morgan fingerprint density at radius 2 is 2.19 bits per heavy atom. The van der Waals surface area contributed by atoms with Gasteiger partial charge in [0.25, 0.3) is 0 Å². The second-order valence-electron chi connectivity index (χ2n) is 4.12. The predicted octanol–water partition coefficient (Wildman–Crippen LogP) is 0.360. The molecule has 0 amide bonds. The lowest BCUT2D eigenvalue weighted by atomic mass is 10.2. The van der Waals surface area contributed by atoms with Gasteiger partial charge in [-0.2, -0.15) is 0 Å². The van der Waals surface area contributed by atoms with E-state index in [4.69, 9.17) is 5.11 Å². The molecular formula is C10H19NO4S. The van der Waals surface area contributed by atoms with Gasteiger partial charge in [-0.15, -0.1) is 0 Å². The Labute approximate surface area is 96.4 Å². The number of aliphatic carboxylic acids is 1. The molecule has 1 rings (SSSR count). The van der Waals surface area contributed by atoms with E-state index in [1.165, 1.54) is 0 Å². The number of nitrogens with zero attached hydrogens (tertiary/aromatic N) is 1. The van der Waals surface area contributed by atoms with Crippen LogP contribution in [0, 0.1) is 0 Å². The van der Waals surface area contributed by atoms with Crippen molar-refractivity contribution in [3.8, 4) is 0 Å². The van der Waals surface area contributed by atoms with E-state index < -0.39 is 21.8 Å². The molecule has 1 aliphatic rings. The van der Waals surface area contributed by atoms with E-state index in [2.05, 4.69) is 0 Å². The molecule has 94 valence electrons. The molecule has 0 aromatic carbocycles. The summed E-state index contributed by atoms with van der Waals surface area (Å²) in [5.41, 5.74) is 0. The SMILES string of the molecule is CCS(=O)(=O)CCCN1CCCC1C(=O)O. The minimum absolute atomic E-state index is 0.159. The van der Waals surface area contributed by atoms with Crippen molar-refractivity contribution in [3.05, 3.63) is 0 Å². The van der Waals surface area contributed by atoms with Gasteiger partial charge in [0, 0.05) is 5.75 Å². The van der Waals surface area contributed by atoms with Crippen LogP contribution in [-0.4, -0.2) is 55.0 Å². The molecule has 6 heteroatoms. The molecule has 1 fully saturated rings. The molecule has 0 bridgehead atoms. The summed E-state index contributed by atoms with van der Waals surface area (Å²) in [6.07, 6.45) is 2.09. The number of hydrogen-bond donors (Lipinski definition) is 1. The monoisotopic (exact) mass is 249 g/mol.